The third-order valence-electron chi connectivity index (χ3n) is 4.99. The van der Waals surface area contributed by atoms with E-state index in [1.807, 2.05) is 12.1 Å². The van der Waals surface area contributed by atoms with Crippen molar-refractivity contribution in [2.75, 3.05) is 13.7 Å². The molecule has 10 heteroatoms. The Bertz CT molecular complexity index is 1300. The number of rotatable bonds is 6. The summed E-state index contributed by atoms with van der Waals surface area (Å²) in [5, 5.41) is 8.95. The number of fused-ring (bicyclic) bond motifs is 1. The van der Waals surface area contributed by atoms with Crippen molar-refractivity contribution in [3.8, 4) is 17.1 Å². The maximum absolute atomic E-state index is 13.0. The first-order valence-electron chi connectivity index (χ1n) is 10.0. The monoisotopic (exact) mass is 456 g/mol. The Kier molecular flexibility index (Phi) is 5.99. The lowest BCUT2D eigenvalue weighted by atomic mass is 10.1. The number of esters is 1. The van der Waals surface area contributed by atoms with Crippen molar-refractivity contribution < 1.29 is 27.4 Å². The van der Waals surface area contributed by atoms with Gasteiger partial charge >= 0.3 is 12.1 Å². The fraction of sp³-hybridized carbons (Fsp3) is 0.217. The number of aromatic nitrogens is 4. The maximum atomic E-state index is 13.0. The lowest BCUT2D eigenvalue weighted by Crippen LogP contribution is -2.10. The zero-order chi connectivity index (χ0) is 23.6. The molecule has 0 unspecified atom stereocenters. The Balaban J connectivity index is 1.78. The molecular weight excluding hydrogens is 437 g/mol. The van der Waals surface area contributed by atoms with E-state index in [2.05, 4.69) is 15.3 Å². The van der Waals surface area contributed by atoms with Crippen LogP contribution in [-0.2, 0) is 17.5 Å². The molecule has 0 radical (unpaired) electrons. The van der Waals surface area contributed by atoms with Crippen LogP contribution in [0.25, 0.3) is 22.2 Å². The summed E-state index contributed by atoms with van der Waals surface area (Å²) < 4.78 is 50.9. The van der Waals surface area contributed by atoms with Crippen LogP contribution in [0, 0.1) is 0 Å². The first kappa shape index (κ1) is 22.3. The van der Waals surface area contributed by atoms with Gasteiger partial charge in [0.05, 0.1) is 31.5 Å². The van der Waals surface area contributed by atoms with Crippen molar-refractivity contribution in [2.45, 2.75) is 19.6 Å². The minimum atomic E-state index is -4.45. The molecule has 0 saturated heterocycles. The van der Waals surface area contributed by atoms with Crippen molar-refractivity contribution in [3.05, 3.63) is 71.5 Å². The zero-order valence-electron chi connectivity index (χ0n) is 17.8. The smallest absolute Gasteiger partial charge is 0.416 e. The van der Waals surface area contributed by atoms with Crippen molar-refractivity contribution in [2.24, 2.45) is 0 Å². The lowest BCUT2D eigenvalue weighted by molar-refractivity contribution is -0.137. The normalized spacial score (nSPS) is 11.5. The van der Waals surface area contributed by atoms with Crippen LogP contribution in [0.3, 0.4) is 0 Å². The number of ether oxygens (including phenoxy) is 2. The summed E-state index contributed by atoms with van der Waals surface area (Å²) in [6.07, 6.45) is -3.12. The average Bonchev–Trinajstić information content (AvgIpc) is 3.22. The Morgan fingerprint density at radius 3 is 2.48 bits per heavy atom. The average molecular weight is 456 g/mol. The third kappa shape index (κ3) is 4.64. The summed E-state index contributed by atoms with van der Waals surface area (Å²) in [4.78, 5) is 16.8. The molecule has 0 aliphatic carbocycles. The van der Waals surface area contributed by atoms with Gasteiger partial charge in [-0.25, -0.2) is 9.48 Å². The van der Waals surface area contributed by atoms with Crippen LogP contribution in [0.5, 0.6) is 5.75 Å². The van der Waals surface area contributed by atoms with E-state index in [1.165, 1.54) is 16.9 Å². The molecule has 170 valence electrons. The minimum absolute atomic E-state index is 0.0240. The van der Waals surface area contributed by atoms with Crippen LogP contribution >= 0.6 is 0 Å². The van der Waals surface area contributed by atoms with Gasteiger partial charge in [0.2, 0.25) is 0 Å². The SMILES string of the molecule is CCOC(=O)c1nnn(Cc2ccc(OC)cc2)c1-c1cc2ccc(C(F)(F)F)cc2cn1. The van der Waals surface area contributed by atoms with Crippen molar-refractivity contribution >= 4 is 16.7 Å². The van der Waals surface area contributed by atoms with Crippen molar-refractivity contribution in [3.63, 3.8) is 0 Å². The molecule has 0 fully saturated rings. The largest absolute Gasteiger partial charge is 0.497 e. The Labute approximate surface area is 186 Å². The number of methoxy groups -OCH3 is 1. The zero-order valence-corrected chi connectivity index (χ0v) is 17.8. The van der Waals surface area contributed by atoms with E-state index in [0.29, 0.717) is 27.9 Å². The number of nitrogens with zero attached hydrogens (tertiary/aromatic N) is 4. The molecule has 0 saturated carbocycles. The predicted molar refractivity (Wildman–Crippen MR) is 114 cm³/mol. The molecule has 4 aromatic rings. The minimum Gasteiger partial charge on any atom is -0.497 e. The predicted octanol–water partition coefficient (Wildman–Crippen LogP) is 4.75. The van der Waals surface area contributed by atoms with E-state index in [1.54, 1.807) is 32.2 Å². The second-order valence-electron chi connectivity index (χ2n) is 7.14. The van der Waals surface area contributed by atoms with E-state index in [9.17, 15) is 18.0 Å². The number of halogens is 3. The Morgan fingerprint density at radius 2 is 1.82 bits per heavy atom. The van der Waals surface area contributed by atoms with Gasteiger partial charge in [0.25, 0.3) is 0 Å². The molecule has 33 heavy (non-hydrogen) atoms. The second-order valence-corrected chi connectivity index (χ2v) is 7.14. The van der Waals surface area contributed by atoms with Gasteiger partial charge in [-0.2, -0.15) is 13.2 Å². The summed E-state index contributed by atoms with van der Waals surface area (Å²) in [6.45, 7) is 2.10. The second kappa shape index (κ2) is 8.89. The van der Waals surface area contributed by atoms with Gasteiger partial charge in [0.1, 0.15) is 11.4 Å². The molecule has 4 rings (SSSR count). The van der Waals surface area contributed by atoms with Gasteiger partial charge in [-0.1, -0.05) is 23.4 Å². The van der Waals surface area contributed by atoms with E-state index in [4.69, 9.17) is 9.47 Å². The van der Waals surface area contributed by atoms with Crippen LogP contribution in [0.1, 0.15) is 28.5 Å². The lowest BCUT2D eigenvalue weighted by Gasteiger charge is -2.11. The quantitative estimate of drug-likeness (QED) is 0.390. The van der Waals surface area contributed by atoms with Crippen molar-refractivity contribution in [1.82, 2.24) is 20.0 Å². The molecule has 0 amide bonds. The Hall–Kier alpha value is -3.95. The van der Waals surface area contributed by atoms with Gasteiger partial charge in [0.15, 0.2) is 5.69 Å². The van der Waals surface area contributed by atoms with Gasteiger partial charge in [-0.05, 0) is 48.2 Å². The van der Waals surface area contributed by atoms with Gasteiger partial charge in [-0.15, -0.1) is 5.10 Å². The third-order valence-corrected chi connectivity index (χ3v) is 4.99. The summed E-state index contributed by atoms with van der Waals surface area (Å²) in [7, 11) is 1.57. The van der Waals surface area contributed by atoms with Crippen LogP contribution in [0.2, 0.25) is 0 Å². The summed E-state index contributed by atoms with van der Waals surface area (Å²) in [5.74, 6) is 0.0296. The number of pyridine rings is 1. The molecule has 0 aliphatic heterocycles. The highest BCUT2D eigenvalue weighted by Crippen LogP contribution is 2.32. The molecule has 0 aliphatic rings. The first-order valence-corrected chi connectivity index (χ1v) is 10.0. The number of hydrogen-bond donors (Lipinski definition) is 0. The number of carbonyl (C=O) groups excluding carboxylic acids is 1. The molecule has 2 aromatic carbocycles. The van der Waals surface area contributed by atoms with E-state index in [-0.39, 0.29) is 18.8 Å². The molecule has 7 nitrogen and oxygen atoms in total. The van der Waals surface area contributed by atoms with E-state index in [0.717, 1.165) is 17.7 Å². The molecule has 2 heterocycles. The van der Waals surface area contributed by atoms with Crippen LogP contribution in [0.4, 0.5) is 13.2 Å². The standard InChI is InChI=1S/C23H19F3N4O3/c1-3-33-22(31)20-21(30(29-28-20)13-14-4-8-18(32-2)9-5-14)19-11-15-6-7-17(23(24,25)26)10-16(15)12-27-19/h4-12H,3,13H2,1-2H3. The first-order chi connectivity index (χ1) is 15.8. The molecular formula is C23H19F3N4O3. The highest BCUT2D eigenvalue weighted by atomic mass is 19.4. The maximum Gasteiger partial charge on any atom is 0.416 e. The number of hydrogen-bond acceptors (Lipinski definition) is 6. The highest BCUT2D eigenvalue weighted by Gasteiger charge is 2.30. The van der Waals surface area contributed by atoms with Crippen LogP contribution < -0.4 is 4.74 Å². The topological polar surface area (TPSA) is 79.1 Å². The number of carbonyl (C=O) groups is 1. The van der Waals surface area contributed by atoms with Crippen LogP contribution in [0.15, 0.2) is 54.7 Å². The summed E-state index contributed by atoms with van der Waals surface area (Å²) in [6, 6.07) is 12.3. The molecule has 0 atom stereocenters. The van der Waals surface area contributed by atoms with Gasteiger partial charge < -0.3 is 9.47 Å². The molecule has 0 bridgehead atoms. The molecule has 0 spiro atoms. The number of benzene rings is 2. The van der Waals surface area contributed by atoms with E-state index < -0.39 is 17.7 Å². The fourth-order valence-corrected chi connectivity index (χ4v) is 3.37. The van der Waals surface area contributed by atoms with Crippen molar-refractivity contribution in [1.29, 1.82) is 0 Å². The van der Waals surface area contributed by atoms with Crippen LogP contribution in [-0.4, -0.2) is 39.7 Å². The number of alkyl halides is 3. The van der Waals surface area contributed by atoms with Gasteiger partial charge in [-0.3, -0.25) is 4.98 Å². The van der Waals surface area contributed by atoms with Gasteiger partial charge in [0, 0.05) is 11.6 Å². The summed E-state index contributed by atoms with van der Waals surface area (Å²) in [5.41, 5.74) is 0.731. The Morgan fingerprint density at radius 1 is 1.06 bits per heavy atom. The molecule has 2 aromatic heterocycles. The molecule has 0 N–H and O–H groups in total. The van der Waals surface area contributed by atoms with E-state index >= 15 is 0 Å². The fourth-order valence-electron chi connectivity index (χ4n) is 3.37. The summed E-state index contributed by atoms with van der Waals surface area (Å²) >= 11 is 0. The highest BCUT2D eigenvalue weighted by molar-refractivity contribution is 5.95.